The molecule has 0 heterocycles. The number of primary amides is 2. The normalized spacial score (nSPS) is 9.39. The molecule has 102 valence electrons. The average molecular weight is 252 g/mol. The van der Waals surface area contributed by atoms with E-state index in [0.717, 1.165) is 12.0 Å². The second kappa shape index (κ2) is 10.4. The fraction of sp³-hybridized carbons (Fsp3) is 0.500. The molecule has 0 spiro atoms. The van der Waals surface area contributed by atoms with E-state index in [4.69, 9.17) is 4.79 Å². The summed E-state index contributed by atoms with van der Waals surface area (Å²) in [5, 5.41) is 9.51. The lowest BCUT2D eigenvalue weighted by atomic mass is 10.0. The van der Waals surface area contributed by atoms with Crippen molar-refractivity contribution >= 4 is 6.03 Å². The van der Waals surface area contributed by atoms with Gasteiger partial charge in [-0.15, -0.1) is 0 Å². The van der Waals surface area contributed by atoms with Crippen LogP contribution in [-0.4, -0.2) is 11.1 Å². The maximum absolute atomic E-state index is 9.51. The molecule has 0 unspecified atom stereocenters. The third kappa shape index (κ3) is 9.51. The van der Waals surface area contributed by atoms with Gasteiger partial charge in [0.15, 0.2) is 0 Å². The first-order valence-corrected chi connectivity index (χ1v) is 6.39. The zero-order valence-electron chi connectivity index (χ0n) is 11.1. The van der Waals surface area contributed by atoms with Gasteiger partial charge < -0.3 is 16.6 Å². The lowest BCUT2D eigenvalue weighted by Crippen LogP contribution is -2.18. The Morgan fingerprint density at radius 3 is 2.22 bits per heavy atom. The Balaban J connectivity index is 0.000000631. The van der Waals surface area contributed by atoms with Crippen LogP contribution in [-0.2, 0) is 6.42 Å². The van der Waals surface area contributed by atoms with E-state index in [2.05, 4.69) is 18.4 Å². The van der Waals surface area contributed by atoms with Gasteiger partial charge in [0.05, 0.1) is 0 Å². The molecule has 0 saturated heterocycles. The number of aromatic hydroxyl groups is 1. The number of carbonyl (C=O) groups is 1. The Hall–Kier alpha value is -1.71. The number of hydrogen-bond donors (Lipinski definition) is 3. The van der Waals surface area contributed by atoms with Crippen LogP contribution in [0.4, 0.5) is 4.79 Å². The summed E-state index contributed by atoms with van der Waals surface area (Å²) < 4.78 is 0. The highest BCUT2D eigenvalue weighted by Gasteiger charge is 1.98. The standard InChI is InChI=1S/C13H20O.CH4N2O/c1-2-3-4-5-6-9-12-10-7-8-11-13(12)14;2-1(3)4/h7-8,10-11,14H,2-6,9H2,1H3;(H4,2,3,4). The molecule has 0 bridgehead atoms. The van der Waals surface area contributed by atoms with E-state index >= 15 is 0 Å². The molecule has 0 radical (unpaired) electrons. The smallest absolute Gasteiger partial charge is 0.309 e. The van der Waals surface area contributed by atoms with Crippen molar-refractivity contribution in [3.05, 3.63) is 29.8 Å². The highest BCUT2D eigenvalue weighted by molar-refractivity contribution is 5.69. The fourth-order valence-electron chi connectivity index (χ4n) is 1.64. The molecule has 0 aliphatic carbocycles. The van der Waals surface area contributed by atoms with Crippen LogP contribution in [0, 0.1) is 0 Å². The van der Waals surface area contributed by atoms with E-state index < -0.39 is 6.03 Å². The van der Waals surface area contributed by atoms with E-state index in [1.54, 1.807) is 6.07 Å². The van der Waals surface area contributed by atoms with Crippen molar-refractivity contribution in [2.24, 2.45) is 11.5 Å². The number of urea groups is 1. The molecule has 0 aromatic heterocycles. The second-order valence-electron chi connectivity index (χ2n) is 4.20. The number of carbonyl (C=O) groups excluding carboxylic acids is 1. The lowest BCUT2D eigenvalue weighted by molar-refractivity contribution is 0.256. The summed E-state index contributed by atoms with van der Waals surface area (Å²) in [6.07, 6.45) is 7.43. The molecule has 0 fully saturated rings. The van der Waals surface area contributed by atoms with Gasteiger partial charge >= 0.3 is 6.03 Å². The molecule has 4 nitrogen and oxygen atoms in total. The van der Waals surface area contributed by atoms with Crippen LogP contribution in [0.1, 0.15) is 44.6 Å². The molecule has 0 aliphatic heterocycles. The minimum atomic E-state index is -0.833. The number of hydrogen-bond acceptors (Lipinski definition) is 2. The molecule has 1 rings (SSSR count). The Morgan fingerprint density at radius 1 is 1.11 bits per heavy atom. The van der Waals surface area contributed by atoms with Crippen LogP contribution in [0.2, 0.25) is 0 Å². The molecule has 1 aromatic carbocycles. The van der Waals surface area contributed by atoms with Crippen LogP contribution < -0.4 is 11.5 Å². The highest BCUT2D eigenvalue weighted by atomic mass is 16.3. The molecule has 5 N–H and O–H groups in total. The zero-order valence-corrected chi connectivity index (χ0v) is 11.1. The van der Waals surface area contributed by atoms with E-state index in [1.165, 1.54) is 32.1 Å². The lowest BCUT2D eigenvalue weighted by Gasteiger charge is -2.03. The van der Waals surface area contributed by atoms with Gasteiger partial charge in [0.25, 0.3) is 0 Å². The first kappa shape index (κ1) is 16.3. The maximum Gasteiger partial charge on any atom is 0.309 e. The molecular formula is C14H24N2O2. The predicted octanol–water partition coefficient (Wildman–Crippen LogP) is 2.93. The summed E-state index contributed by atoms with van der Waals surface area (Å²) in [7, 11) is 0. The van der Waals surface area contributed by atoms with Gasteiger partial charge in [-0.05, 0) is 24.5 Å². The molecule has 2 amide bonds. The quantitative estimate of drug-likeness (QED) is 0.679. The molecule has 18 heavy (non-hydrogen) atoms. The van der Waals surface area contributed by atoms with Gasteiger partial charge in [-0.2, -0.15) is 0 Å². The number of phenolic OH excluding ortho intramolecular Hbond substituents is 1. The van der Waals surface area contributed by atoms with Crippen molar-refractivity contribution in [2.45, 2.75) is 45.4 Å². The van der Waals surface area contributed by atoms with Crippen molar-refractivity contribution in [1.29, 1.82) is 0 Å². The largest absolute Gasteiger partial charge is 0.508 e. The SMILES string of the molecule is CCCCCCCc1ccccc1O.NC(N)=O. The topological polar surface area (TPSA) is 89.3 Å². The predicted molar refractivity (Wildman–Crippen MR) is 74.3 cm³/mol. The van der Waals surface area contributed by atoms with Crippen molar-refractivity contribution < 1.29 is 9.90 Å². The van der Waals surface area contributed by atoms with Gasteiger partial charge in [-0.1, -0.05) is 50.8 Å². The van der Waals surface area contributed by atoms with Gasteiger partial charge in [0, 0.05) is 0 Å². The van der Waals surface area contributed by atoms with Crippen LogP contribution in [0.5, 0.6) is 5.75 Å². The summed E-state index contributed by atoms with van der Waals surface area (Å²) in [5.74, 6) is 0.447. The first-order valence-electron chi connectivity index (χ1n) is 6.39. The number of aryl methyl sites for hydroxylation is 1. The number of rotatable bonds is 6. The van der Waals surface area contributed by atoms with E-state index in [9.17, 15) is 5.11 Å². The molecular weight excluding hydrogens is 228 g/mol. The minimum Gasteiger partial charge on any atom is -0.508 e. The highest BCUT2D eigenvalue weighted by Crippen LogP contribution is 2.18. The first-order chi connectivity index (χ1) is 8.57. The van der Waals surface area contributed by atoms with Crippen LogP contribution in [0.15, 0.2) is 24.3 Å². The second-order valence-corrected chi connectivity index (χ2v) is 4.20. The number of benzene rings is 1. The summed E-state index contributed by atoms with van der Waals surface area (Å²) in [5.41, 5.74) is 9.59. The van der Waals surface area contributed by atoms with Gasteiger partial charge in [0.2, 0.25) is 0 Å². The van der Waals surface area contributed by atoms with Crippen molar-refractivity contribution in [2.75, 3.05) is 0 Å². The fourth-order valence-corrected chi connectivity index (χ4v) is 1.64. The zero-order chi connectivity index (χ0) is 13.8. The molecule has 4 heteroatoms. The summed E-state index contributed by atoms with van der Waals surface area (Å²) in [6, 6.07) is 6.80. The Bertz CT molecular complexity index is 336. The Labute approximate surface area is 109 Å². The summed E-state index contributed by atoms with van der Waals surface area (Å²) in [4.78, 5) is 9.00. The molecule has 0 aliphatic rings. The van der Waals surface area contributed by atoms with Crippen molar-refractivity contribution in [3.63, 3.8) is 0 Å². The number of nitrogens with two attached hydrogens (primary N) is 2. The van der Waals surface area contributed by atoms with Crippen LogP contribution in [0.25, 0.3) is 0 Å². The summed E-state index contributed by atoms with van der Waals surface area (Å²) >= 11 is 0. The molecule has 1 aromatic rings. The van der Waals surface area contributed by atoms with E-state index in [-0.39, 0.29) is 0 Å². The molecule has 0 saturated carbocycles. The average Bonchev–Trinajstić information content (AvgIpc) is 2.30. The third-order valence-corrected chi connectivity index (χ3v) is 2.54. The van der Waals surface area contributed by atoms with Crippen LogP contribution in [0.3, 0.4) is 0 Å². The summed E-state index contributed by atoms with van der Waals surface area (Å²) in [6.45, 7) is 2.23. The van der Waals surface area contributed by atoms with Gasteiger partial charge in [0.1, 0.15) is 5.75 Å². The minimum absolute atomic E-state index is 0.447. The Kier molecular flexibility index (Phi) is 9.45. The van der Waals surface area contributed by atoms with Crippen LogP contribution >= 0.6 is 0 Å². The van der Waals surface area contributed by atoms with Crippen molar-refractivity contribution in [1.82, 2.24) is 0 Å². The monoisotopic (exact) mass is 252 g/mol. The molecule has 0 atom stereocenters. The number of phenols is 1. The third-order valence-electron chi connectivity index (χ3n) is 2.54. The Morgan fingerprint density at radius 2 is 1.67 bits per heavy atom. The number of amides is 2. The maximum atomic E-state index is 9.51. The van der Waals surface area contributed by atoms with Gasteiger partial charge in [-0.3, -0.25) is 0 Å². The van der Waals surface area contributed by atoms with Crippen molar-refractivity contribution in [3.8, 4) is 5.75 Å². The number of para-hydroxylation sites is 1. The van der Waals surface area contributed by atoms with Gasteiger partial charge in [-0.25, -0.2) is 4.79 Å². The number of unbranched alkanes of at least 4 members (excludes halogenated alkanes) is 4. The van der Waals surface area contributed by atoms with E-state index in [0.29, 0.717) is 5.75 Å². The van der Waals surface area contributed by atoms with E-state index in [1.807, 2.05) is 18.2 Å².